The molecule has 0 bridgehead atoms. The first-order valence-corrected chi connectivity index (χ1v) is 8.54. The minimum absolute atomic E-state index is 0.0820. The fourth-order valence-corrected chi connectivity index (χ4v) is 3.19. The third-order valence-corrected chi connectivity index (χ3v) is 5.35. The van der Waals surface area contributed by atoms with Crippen LogP contribution in [0, 0.1) is 0 Å². The average molecular weight is 389 g/mol. The minimum Gasteiger partial charge on any atom is -0.295 e. The van der Waals surface area contributed by atoms with Gasteiger partial charge in [-0.2, -0.15) is 0 Å². The maximum absolute atomic E-state index is 12.2. The molecule has 0 fully saturated rings. The van der Waals surface area contributed by atoms with Gasteiger partial charge in [-0.3, -0.25) is 9.52 Å². The van der Waals surface area contributed by atoms with Crippen molar-refractivity contribution in [3.63, 3.8) is 0 Å². The summed E-state index contributed by atoms with van der Waals surface area (Å²) in [6, 6.07) is 10.5. The van der Waals surface area contributed by atoms with Gasteiger partial charge in [0.05, 0.1) is 15.6 Å². The number of nitrogens with one attached hydrogen (secondary N) is 1. The molecule has 0 spiro atoms. The van der Waals surface area contributed by atoms with Gasteiger partial charge >= 0.3 is 0 Å². The maximum Gasteiger partial charge on any atom is 0.261 e. The molecular formula is C14H11BrClNO3S. The number of benzene rings is 2. The number of sulfonamides is 1. The van der Waals surface area contributed by atoms with Gasteiger partial charge in [0.2, 0.25) is 0 Å². The Hall–Kier alpha value is -1.37. The molecule has 4 nitrogen and oxygen atoms in total. The van der Waals surface area contributed by atoms with Crippen LogP contribution in [-0.2, 0) is 10.0 Å². The lowest BCUT2D eigenvalue weighted by atomic mass is 10.2. The third kappa shape index (κ3) is 3.84. The summed E-state index contributed by atoms with van der Waals surface area (Å²) in [5, 5.41) is 0.490. The van der Waals surface area contributed by atoms with Crippen LogP contribution in [0.4, 0.5) is 5.69 Å². The molecule has 0 aliphatic heterocycles. The average Bonchev–Trinajstić information content (AvgIpc) is 2.43. The van der Waals surface area contributed by atoms with Crippen LogP contribution in [0.2, 0.25) is 5.02 Å². The van der Waals surface area contributed by atoms with E-state index >= 15 is 0 Å². The number of Topliss-reactive ketones (excluding diaryl/α,β-unsaturated/α-hetero) is 1. The van der Waals surface area contributed by atoms with Crippen molar-refractivity contribution in [2.45, 2.75) is 11.8 Å². The van der Waals surface area contributed by atoms with Gasteiger partial charge < -0.3 is 0 Å². The van der Waals surface area contributed by atoms with E-state index in [0.717, 1.165) is 0 Å². The summed E-state index contributed by atoms with van der Waals surface area (Å²) in [6.07, 6.45) is 0. The standard InChI is InChI=1S/C14H11BrClNO3S/c1-9(18)10-2-5-12(6-3-10)21(19,20)17-11-4-7-14(16)13(15)8-11/h2-8,17H,1H3. The molecule has 0 saturated carbocycles. The van der Waals surface area contributed by atoms with Crippen molar-refractivity contribution < 1.29 is 13.2 Å². The van der Waals surface area contributed by atoms with E-state index in [1.54, 1.807) is 18.2 Å². The van der Waals surface area contributed by atoms with Gasteiger partial charge in [0.15, 0.2) is 5.78 Å². The second kappa shape index (κ2) is 6.17. The largest absolute Gasteiger partial charge is 0.295 e. The van der Waals surface area contributed by atoms with Gasteiger partial charge in [-0.25, -0.2) is 8.42 Å². The molecule has 21 heavy (non-hydrogen) atoms. The van der Waals surface area contributed by atoms with Gasteiger partial charge in [-0.05, 0) is 53.2 Å². The molecule has 0 amide bonds. The second-order valence-electron chi connectivity index (χ2n) is 4.31. The first kappa shape index (κ1) is 16.0. The van der Waals surface area contributed by atoms with E-state index in [9.17, 15) is 13.2 Å². The molecule has 0 aliphatic carbocycles. The van der Waals surface area contributed by atoms with Crippen molar-refractivity contribution in [2.75, 3.05) is 4.72 Å². The van der Waals surface area contributed by atoms with Crippen LogP contribution in [-0.4, -0.2) is 14.2 Å². The number of halogens is 2. The summed E-state index contributed by atoms with van der Waals surface area (Å²) in [5.41, 5.74) is 0.852. The van der Waals surface area contributed by atoms with Crippen LogP contribution in [0.25, 0.3) is 0 Å². The molecule has 0 heterocycles. The monoisotopic (exact) mass is 387 g/mol. The van der Waals surface area contributed by atoms with E-state index in [1.807, 2.05) is 0 Å². The first-order chi connectivity index (χ1) is 9.79. The van der Waals surface area contributed by atoms with Gasteiger partial charge in [-0.1, -0.05) is 23.7 Å². The molecule has 0 radical (unpaired) electrons. The molecule has 7 heteroatoms. The molecule has 2 rings (SSSR count). The van der Waals surface area contributed by atoms with E-state index in [-0.39, 0.29) is 10.7 Å². The molecule has 110 valence electrons. The summed E-state index contributed by atoms with van der Waals surface area (Å²) in [7, 11) is -3.71. The zero-order valence-electron chi connectivity index (χ0n) is 10.9. The fraction of sp³-hybridized carbons (Fsp3) is 0.0714. The molecule has 0 atom stereocenters. The summed E-state index contributed by atoms with van der Waals surface area (Å²) in [6.45, 7) is 1.42. The normalized spacial score (nSPS) is 11.2. The number of hydrogen-bond acceptors (Lipinski definition) is 3. The summed E-state index contributed by atoms with van der Waals surface area (Å²) >= 11 is 9.09. The van der Waals surface area contributed by atoms with Crippen molar-refractivity contribution in [1.29, 1.82) is 0 Å². The Morgan fingerprint density at radius 2 is 1.76 bits per heavy atom. The van der Waals surface area contributed by atoms with Crippen LogP contribution in [0.1, 0.15) is 17.3 Å². The Balaban J connectivity index is 2.29. The Morgan fingerprint density at radius 1 is 1.14 bits per heavy atom. The summed E-state index contributed by atoms with van der Waals surface area (Å²) in [5.74, 6) is -0.117. The lowest BCUT2D eigenvalue weighted by Crippen LogP contribution is -2.13. The Bertz CT molecular complexity index is 788. The summed E-state index contributed by atoms with van der Waals surface area (Å²) < 4.78 is 27.5. The second-order valence-corrected chi connectivity index (χ2v) is 7.26. The highest BCUT2D eigenvalue weighted by atomic mass is 79.9. The Morgan fingerprint density at radius 3 is 2.29 bits per heavy atom. The highest BCUT2D eigenvalue weighted by Crippen LogP contribution is 2.27. The van der Waals surface area contributed by atoms with Gasteiger partial charge in [-0.15, -0.1) is 0 Å². The first-order valence-electron chi connectivity index (χ1n) is 5.88. The minimum atomic E-state index is -3.71. The van der Waals surface area contributed by atoms with Gasteiger partial charge in [0, 0.05) is 10.0 Å². The lowest BCUT2D eigenvalue weighted by molar-refractivity contribution is 0.101. The fourth-order valence-electron chi connectivity index (χ4n) is 1.64. The molecule has 1 N–H and O–H groups in total. The highest BCUT2D eigenvalue weighted by molar-refractivity contribution is 9.10. The highest BCUT2D eigenvalue weighted by Gasteiger charge is 2.15. The third-order valence-electron chi connectivity index (χ3n) is 2.74. The van der Waals surface area contributed by atoms with Crippen molar-refractivity contribution in [3.8, 4) is 0 Å². The zero-order chi connectivity index (χ0) is 15.6. The Labute approximate surface area is 136 Å². The van der Waals surface area contributed by atoms with Crippen LogP contribution in [0.15, 0.2) is 51.8 Å². The number of carbonyl (C=O) groups excluding carboxylic acids is 1. The lowest BCUT2D eigenvalue weighted by Gasteiger charge is -2.09. The Kier molecular flexibility index (Phi) is 4.70. The number of ketones is 1. The topological polar surface area (TPSA) is 63.2 Å². The maximum atomic E-state index is 12.2. The number of carbonyl (C=O) groups is 1. The smallest absolute Gasteiger partial charge is 0.261 e. The predicted molar refractivity (Wildman–Crippen MR) is 86.4 cm³/mol. The number of anilines is 1. The molecule has 0 aromatic heterocycles. The predicted octanol–water partition coefficient (Wildman–Crippen LogP) is 4.11. The van der Waals surface area contributed by atoms with Crippen molar-refractivity contribution in [1.82, 2.24) is 0 Å². The van der Waals surface area contributed by atoms with E-state index in [1.165, 1.54) is 31.2 Å². The molecular weight excluding hydrogens is 378 g/mol. The molecule has 0 unspecified atom stereocenters. The number of hydrogen-bond donors (Lipinski definition) is 1. The van der Waals surface area contributed by atoms with Crippen molar-refractivity contribution >= 4 is 49.0 Å². The van der Waals surface area contributed by atoms with E-state index < -0.39 is 10.0 Å². The molecule has 0 aliphatic rings. The van der Waals surface area contributed by atoms with E-state index in [2.05, 4.69) is 20.7 Å². The molecule has 0 saturated heterocycles. The van der Waals surface area contributed by atoms with Crippen molar-refractivity contribution in [3.05, 3.63) is 57.5 Å². The SMILES string of the molecule is CC(=O)c1ccc(S(=O)(=O)Nc2ccc(Cl)c(Br)c2)cc1. The van der Waals surface area contributed by atoms with E-state index in [4.69, 9.17) is 11.6 Å². The van der Waals surface area contributed by atoms with Gasteiger partial charge in [0.1, 0.15) is 0 Å². The van der Waals surface area contributed by atoms with Crippen molar-refractivity contribution in [2.24, 2.45) is 0 Å². The molecule has 2 aromatic carbocycles. The van der Waals surface area contributed by atoms with Crippen LogP contribution in [0.3, 0.4) is 0 Å². The summed E-state index contributed by atoms with van der Waals surface area (Å²) in [4.78, 5) is 11.3. The zero-order valence-corrected chi connectivity index (χ0v) is 14.1. The van der Waals surface area contributed by atoms with Crippen LogP contribution < -0.4 is 4.72 Å². The van der Waals surface area contributed by atoms with E-state index in [0.29, 0.717) is 20.7 Å². The van der Waals surface area contributed by atoms with Gasteiger partial charge in [0.25, 0.3) is 10.0 Å². The van der Waals surface area contributed by atoms with Crippen LogP contribution >= 0.6 is 27.5 Å². The van der Waals surface area contributed by atoms with Crippen LogP contribution in [0.5, 0.6) is 0 Å². The quantitative estimate of drug-likeness (QED) is 0.802. The molecule has 2 aromatic rings. The number of rotatable bonds is 4.